The van der Waals surface area contributed by atoms with Gasteiger partial charge in [-0.25, -0.2) is 9.97 Å². The van der Waals surface area contributed by atoms with Gasteiger partial charge in [0.1, 0.15) is 11.6 Å². The number of nitrogens with one attached hydrogen (secondary N) is 1. The lowest BCUT2D eigenvalue weighted by Gasteiger charge is -2.33. The summed E-state index contributed by atoms with van der Waals surface area (Å²) in [5.74, 6) is 3.00. The first-order valence-electron chi connectivity index (χ1n) is 7.48. The fourth-order valence-corrected chi connectivity index (χ4v) is 2.75. The van der Waals surface area contributed by atoms with Gasteiger partial charge in [0, 0.05) is 24.7 Å². The van der Waals surface area contributed by atoms with Crippen LogP contribution in [0, 0.1) is 5.41 Å². The van der Waals surface area contributed by atoms with Gasteiger partial charge in [-0.1, -0.05) is 27.7 Å². The summed E-state index contributed by atoms with van der Waals surface area (Å²) in [5, 5.41) is 3.17. The minimum Gasteiger partial charge on any atom is -0.373 e. The molecular formula is C16H27N3. The van der Waals surface area contributed by atoms with Crippen LogP contribution < -0.4 is 5.32 Å². The molecular weight excluding hydrogens is 234 g/mol. The smallest absolute Gasteiger partial charge is 0.134 e. The van der Waals surface area contributed by atoms with Gasteiger partial charge < -0.3 is 5.32 Å². The summed E-state index contributed by atoms with van der Waals surface area (Å²) >= 11 is 0. The van der Waals surface area contributed by atoms with E-state index in [4.69, 9.17) is 4.98 Å². The molecule has 0 saturated heterocycles. The summed E-state index contributed by atoms with van der Waals surface area (Å²) in [6, 6.07) is 2.07. The molecule has 0 bridgehead atoms. The number of nitrogens with zero attached hydrogens (tertiary/aromatic N) is 2. The van der Waals surface area contributed by atoms with Gasteiger partial charge in [-0.15, -0.1) is 0 Å². The predicted octanol–water partition coefficient (Wildman–Crippen LogP) is 4.33. The zero-order chi connectivity index (χ0) is 14.0. The van der Waals surface area contributed by atoms with Crippen molar-refractivity contribution in [1.29, 1.82) is 0 Å². The van der Waals surface area contributed by atoms with Crippen LogP contribution in [0.3, 0.4) is 0 Å². The Kier molecular flexibility index (Phi) is 4.12. The highest BCUT2D eigenvalue weighted by Gasteiger charge is 2.29. The van der Waals surface area contributed by atoms with Crippen molar-refractivity contribution in [3.8, 4) is 0 Å². The molecule has 0 atom stereocenters. The van der Waals surface area contributed by atoms with Crippen molar-refractivity contribution in [3.63, 3.8) is 0 Å². The molecule has 0 radical (unpaired) electrons. The molecule has 1 aromatic heterocycles. The van der Waals surface area contributed by atoms with Crippen molar-refractivity contribution in [3.05, 3.63) is 17.6 Å². The number of anilines is 1. The fourth-order valence-electron chi connectivity index (χ4n) is 2.75. The molecule has 106 valence electrons. The van der Waals surface area contributed by atoms with E-state index in [0.717, 1.165) is 17.3 Å². The Hall–Kier alpha value is -1.12. The second kappa shape index (κ2) is 5.48. The van der Waals surface area contributed by atoms with Gasteiger partial charge >= 0.3 is 0 Å². The third-order valence-electron chi connectivity index (χ3n) is 4.32. The van der Waals surface area contributed by atoms with Crippen molar-refractivity contribution in [2.45, 2.75) is 65.2 Å². The maximum atomic E-state index is 4.80. The van der Waals surface area contributed by atoms with E-state index in [9.17, 15) is 0 Å². The first-order chi connectivity index (χ1) is 8.91. The summed E-state index contributed by atoms with van der Waals surface area (Å²) in [5.41, 5.74) is 1.65. The average Bonchev–Trinajstić information content (AvgIpc) is 2.38. The molecule has 0 unspecified atom stereocenters. The SMILES string of the molecule is CNc1cc(C(C)C)nc(C2CCC(C)(C)CC2)n1. The van der Waals surface area contributed by atoms with Crippen LogP contribution in [0.1, 0.15) is 76.7 Å². The molecule has 0 aliphatic heterocycles. The molecule has 1 aliphatic carbocycles. The lowest BCUT2D eigenvalue weighted by Crippen LogP contribution is -2.22. The van der Waals surface area contributed by atoms with E-state index >= 15 is 0 Å². The first kappa shape index (κ1) is 14.3. The minimum atomic E-state index is 0.453. The Morgan fingerprint density at radius 3 is 2.37 bits per heavy atom. The molecule has 3 nitrogen and oxygen atoms in total. The monoisotopic (exact) mass is 261 g/mol. The van der Waals surface area contributed by atoms with Gasteiger partial charge in [0.05, 0.1) is 0 Å². The maximum Gasteiger partial charge on any atom is 0.134 e. The van der Waals surface area contributed by atoms with Crippen LogP contribution in [-0.2, 0) is 0 Å². The lowest BCUT2D eigenvalue weighted by molar-refractivity contribution is 0.220. The van der Waals surface area contributed by atoms with Gasteiger partial charge in [-0.3, -0.25) is 0 Å². The van der Waals surface area contributed by atoms with Gasteiger partial charge in [-0.2, -0.15) is 0 Å². The standard InChI is InChI=1S/C16H27N3/c1-11(2)13-10-14(17-5)19-15(18-13)12-6-8-16(3,4)9-7-12/h10-12H,6-9H2,1-5H3,(H,17,18,19). The van der Waals surface area contributed by atoms with E-state index < -0.39 is 0 Å². The fraction of sp³-hybridized carbons (Fsp3) is 0.750. The number of rotatable bonds is 3. The molecule has 3 heteroatoms. The third kappa shape index (κ3) is 3.46. The van der Waals surface area contributed by atoms with Crippen molar-refractivity contribution < 1.29 is 0 Å². The second-order valence-corrected chi connectivity index (χ2v) is 6.88. The first-order valence-corrected chi connectivity index (χ1v) is 7.48. The molecule has 1 aromatic rings. The topological polar surface area (TPSA) is 37.8 Å². The zero-order valence-corrected chi connectivity index (χ0v) is 13.0. The Labute approximate surface area is 117 Å². The average molecular weight is 261 g/mol. The Balaban J connectivity index is 2.22. The Morgan fingerprint density at radius 2 is 1.84 bits per heavy atom. The molecule has 1 aliphatic rings. The molecule has 0 amide bonds. The number of aromatic nitrogens is 2. The van der Waals surface area contributed by atoms with Crippen LogP contribution in [0.4, 0.5) is 5.82 Å². The third-order valence-corrected chi connectivity index (χ3v) is 4.32. The second-order valence-electron chi connectivity index (χ2n) is 6.88. The Morgan fingerprint density at radius 1 is 1.21 bits per heavy atom. The van der Waals surface area contributed by atoms with Crippen LogP contribution in [-0.4, -0.2) is 17.0 Å². The van der Waals surface area contributed by atoms with Gasteiger partial charge in [0.25, 0.3) is 0 Å². The predicted molar refractivity (Wildman–Crippen MR) is 80.7 cm³/mol. The summed E-state index contributed by atoms with van der Waals surface area (Å²) in [4.78, 5) is 9.48. The number of hydrogen-bond donors (Lipinski definition) is 1. The van der Waals surface area contributed by atoms with Crippen LogP contribution in [0.2, 0.25) is 0 Å². The van der Waals surface area contributed by atoms with E-state index in [1.54, 1.807) is 0 Å². The lowest BCUT2D eigenvalue weighted by atomic mass is 9.73. The highest BCUT2D eigenvalue weighted by molar-refractivity contribution is 5.36. The molecule has 0 spiro atoms. The Bertz CT molecular complexity index is 428. The van der Waals surface area contributed by atoms with Crippen molar-refractivity contribution in [2.24, 2.45) is 5.41 Å². The largest absolute Gasteiger partial charge is 0.373 e. The molecule has 19 heavy (non-hydrogen) atoms. The molecule has 1 N–H and O–H groups in total. The van der Waals surface area contributed by atoms with Crippen molar-refractivity contribution >= 4 is 5.82 Å². The van der Waals surface area contributed by atoms with Gasteiger partial charge in [0.15, 0.2) is 0 Å². The van der Waals surface area contributed by atoms with Gasteiger partial charge in [-0.05, 0) is 37.0 Å². The van der Waals surface area contributed by atoms with E-state index in [1.807, 2.05) is 7.05 Å². The quantitative estimate of drug-likeness (QED) is 0.880. The molecule has 0 aromatic carbocycles. The molecule has 1 saturated carbocycles. The number of hydrogen-bond acceptors (Lipinski definition) is 3. The van der Waals surface area contributed by atoms with E-state index in [-0.39, 0.29) is 0 Å². The highest BCUT2D eigenvalue weighted by atomic mass is 15.0. The normalized spacial score (nSPS) is 19.7. The molecule has 1 fully saturated rings. The van der Waals surface area contributed by atoms with Crippen molar-refractivity contribution in [2.75, 3.05) is 12.4 Å². The maximum absolute atomic E-state index is 4.80. The van der Waals surface area contributed by atoms with E-state index in [2.05, 4.69) is 44.1 Å². The summed E-state index contributed by atoms with van der Waals surface area (Å²) in [6.07, 6.45) is 5.00. The van der Waals surface area contributed by atoms with Crippen LogP contribution >= 0.6 is 0 Å². The van der Waals surface area contributed by atoms with Crippen LogP contribution in [0.25, 0.3) is 0 Å². The summed E-state index contributed by atoms with van der Waals surface area (Å²) in [6.45, 7) is 9.12. The van der Waals surface area contributed by atoms with Crippen LogP contribution in [0.5, 0.6) is 0 Å². The minimum absolute atomic E-state index is 0.453. The molecule has 1 heterocycles. The molecule has 2 rings (SSSR count). The van der Waals surface area contributed by atoms with E-state index in [1.165, 1.54) is 25.7 Å². The summed E-state index contributed by atoms with van der Waals surface area (Å²) < 4.78 is 0. The van der Waals surface area contributed by atoms with Crippen LogP contribution in [0.15, 0.2) is 6.07 Å². The van der Waals surface area contributed by atoms with Gasteiger partial charge in [0.2, 0.25) is 0 Å². The summed E-state index contributed by atoms with van der Waals surface area (Å²) in [7, 11) is 1.93. The highest BCUT2D eigenvalue weighted by Crippen LogP contribution is 2.41. The van der Waals surface area contributed by atoms with E-state index in [0.29, 0.717) is 17.3 Å². The zero-order valence-electron chi connectivity index (χ0n) is 13.0. The van der Waals surface area contributed by atoms with Crippen molar-refractivity contribution in [1.82, 2.24) is 9.97 Å².